The minimum absolute atomic E-state index is 0.0451. The lowest BCUT2D eigenvalue weighted by Gasteiger charge is -2.08. The maximum absolute atomic E-state index is 11.2. The molecule has 0 saturated carbocycles. The van der Waals surface area contributed by atoms with Crippen molar-refractivity contribution in [3.05, 3.63) is 44.6 Å². The summed E-state index contributed by atoms with van der Waals surface area (Å²) >= 11 is 6.88. The van der Waals surface area contributed by atoms with Crippen molar-refractivity contribution in [2.24, 2.45) is 0 Å². The molecule has 1 N–H and O–H groups in total. The molecule has 0 radical (unpaired) electrons. The highest BCUT2D eigenvalue weighted by Gasteiger charge is 2.26. The zero-order valence-corrected chi connectivity index (χ0v) is 13.5. The van der Waals surface area contributed by atoms with E-state index in [2.05, 4.69) is 9.97 Å². The second-order valence-corrected chi connectivity index (χ2v) is 5.27. The summed E-state index contributed by atoms with van der Waals surface area (Å²) in [7, 11) is 0. The highest BCUT2D eigenvalue weighted by molar-refractivity contribution is 7.98. The van der Waals surface area contributed by atoms with Crippen LogP contribution in [0.2, 0.25) is 5.15 Å². The summed E-state index contributed by atoms with van der Waals surface area (Å²) in [4.78, 5) is 29.1. The zero-order chi connectivity index (χ0) is 17.9. The first kappa shape index (κ1) is 17.5. The van der Waals surface area contributed by atoms with Crippen LogP contribution in [-0.2, 0) is 0 Å². The summed E-state index contributed by atoms with van der Waals surface area (Å²) in [5.41, 5.74) is -1.02. The summed E-state index contributed by atoms with van der Waals surface area (Å²) in [5.74, 6) is -1.81. The van der Waals surface area contributed by atoms with Gasteiger partial charge in [-0.2, -0.15) is 10.2 Å². The maximum atomic E-state index is 11.2. The molecule has 0 atom stereocenters. The van der Waals surface area contributed by atoms with Gasteiger partial charge in [0.15, 0.2) is 5.16 Å². The van der Waals surface area contributed by atoms with Gasteiger partial charge in [0.25, 0.3) is 0 Å². The fourth-order valence-corrected chi connectivity index (χ4v) is 2.32. The van der Waals surface area contributed by atoms with E-state index in [-0.39, 0.29) is 22.0 Å². The van der Waals surface area contributed by atoms with Gasteiger partial charge < -0.3 is 9.84 Å². The molecular weight excluding hydrogens is 360 g/mol. The minimum atomic E-state index is -1.34. The van der Waals surface area contributed by atoms with Crippen molar-refractivity contribution in [2.75, 3.05) is 6.26 Å². The smallest absolute Gasteiger partial charge is 0.368 e. The van der Waals surface area contributed by atoms with Crippen LogP contribution in [0.15, 0.2) is 23.4 Å². The van der Waals surface area contributed by atoms with Crippen LogP contribution in [0, 0.1) is 21.4 Å². The Kier molecular flexibility index (Phi) is 5.18. The Morgan fingerprint density at radius 2 is 2.21 bits per heavy atom. The number of benzene rings is 1. The molecule has 1 aromatic carbocycles. The largest absolute Gasteiger partial charge is 0.478 e. The molecule has 0 unspecified atom stereocenters. The van der Waals surface area contributed by atoms with Crippen molar-refractivity contribution in [1.82, 2.24) is 9.97 Å². The lowest BCUT2D eigenvalue weighted by molar-refractivity contribution is -0.386. The maximum Gasteiger partial charge on any atom is 0.368 e. The van der Waals surface area contributed by atoms with Crippen LogP contribution >= 0.6 is 23.4 Å². The van der Waals surface area contributed by atoms with Crippen molar-refractivity contribution < 1.29 is 19.6 Å². The molecular formula is C13H7ClN4O5S. The van der Waals surface area contributed by atoms with E-state index in [1.165, 1.54) is 12.1 Å². The number of nitro groups is 1. The number of carboxylic acids is 1. The number of nitrogens with zero attached hydrogens (tertiary/aromatic N) is 4. The van der Waals surface area contributed by atoms with Gasteiger partial charge in [0.2, 0.25) is 5.15 Å². The molecule has 0 fully saturated rings. The van der Waals surface area contributed by atoms with E-state index in [4.69, 9.17) is 26.7 Å². The van der Waals surface area contributed by atoms with Crippen LogP contribution in [-0.4, -0.2) is 32.2 Å². The second kappa shape index (κ2) is 7.12. The Morgan fingerprint density at radius 1 is 1.50 bits per heavy atom. The molecule has 0 aliphatic carbocycles. The molecule has 0 saturated heterocycles. The van der Waals surface area contributed by atoms with Crippen molar-refractivity contribution in [1.29, 1.82) is 5.26 Å². The first-order valence-electron chi connectivity index (χ1n) is 6.08. The highest BCUT2D eigenvalue weighted by atomic mass is 35.5. The number of rotatable bonds is 5. The van der Waals surface area contributed by atoms with E-state index in [0.29, 0.717) is 0 Å². The number of carboxylic acid groups (broad SMARTS) is 1. The fraction of sp³-hybridized carbons (Fsp3) is 0.0769. The molecule has 11 heteroatoms. The zero-order valence-electron chi connectivity index (χ0n) is 11.9. The Hall–Kier alpha value is -2.90. The van der Waals surface area contributed by atoms with Crippen molar-refractivity contribution in [3.63, 3.8) is 0 Å². The van der Waals surface area contributed by atoms with Gasteiger partial charge in [-0.25, -0.2) is 9.78 Å². The van der Waals surface area contributed by atoms with Crippen LogP contribution < -0.4 is 4.74 Å². The topological polar surface area (TPSA) is 139 Å². The van der Waals surface area contributed by atoms with E-state index < -0.39 is 27.6 Å². The number of aromatic nitrogens is 2. The molecule has 24 heavy (non-hydrogen) atoms. The number of thioether (sulfide) groups is 1. The van der Waals surface area contributed by atoms with E-state index in [1.54, 1.807) is 12.3 Å². The average molecular weight is 367 g/mol. The van der Waals surface area contributed by atoms with Crippen molar-refractivity contribution in [2.45, 2.75) is 5.16 Å². The molecule has 1 aromatic heterocycles. The van der Waals surface area contributed by atoms with E-state index in [9.17, 15) is 14.9 Å². The number of halogens is 1. The number of nitriles is 1. The summed E-state index contributed by atoms with van der Waals surface area (Å²) < 4.78 is 5.32. The van der Waals surface area contributed by atoms with Gasteiger partial charge >= 0.3 is 17.5 Å². The van der Waals surface area contributed by atoms with Gasteiger partial charge in [-0.1, -0.05) is 23.4 Å². The van der Waals surface area contributed by atoms with Crippen LogP contribution in [0.5, 0.6) is 11.6 Å². The number of hydrogen-bond acceptors (Lipinski definition) is 8. The third-order valence-electron chi connectivity index (χ3n) is 2.71. The predicted octanol–water partition coefficient (Wildman–Crippen LogP) is 3.12. The lowest BCUT2D eigenvalue weighted by atomic mass is 10.1. The molecule has 0 aliphatic rings. The van der Waals surface area contributed by atoms with Crippen LogP contribution in [0.1, 0.15) is 15.9 Å². The molecule has 0 amide bonds. The van der Waals surface area contributed by atoms with Gasteiger partial charge in [0.05, 0.1) is 16.1 Å². The predicted molar refractivity (Wildman–Crippen MR) is 83.7 cm³/mol. The molecule has 0 bridgehead atoms. The summed E-state index contributed by atoms with van der Waals surface area (Å²) in [6.07, 6.45) is 1.64. The Bertz CT molecular complexity index is 883. The Balaban J connectivity index is 2.54. The Labute approximate surface area is 144 Å². The Morgan fingerprint density at radius 3 is 2.75 bits per heavy atom. The third-order valence-corrected chi connectivity index (χ3v) is 3.52. The fourth-order valence-electron chi connectivity index (χ4n) is 1.68. The van der Waals surface area contributed by atoms with E-state index in [0.717, 1.165) is 17.8 Å². The third kappa shape index (κ3) is 3.53. The summed E-state index contributed by atoms with van der Waals surface area (Å²) in [5, 5.41) is 28.8. The monoisotopic (exact) mass is 366 g/mol. The molecule has 2 rings (SSSR count). The summed E-state index contributed by atoms with van der Waals surface area (Å²) in [6, 6.07) is 5.32. The molecule has 2 aromatic rings. The SMILES string of the molecule is CSc1nc(Cl)c([N+](=O)[O-])c(Oc2ccc(C#N)c(C(=O)O)c2)n1. The number of carbonyl (C=O) groups is 1. The number of hydrogen-bond donors (Lipinski definition) is 1. The van der Waals surface area contributed by atoms with Crippen molar-refractivity contribution >= 4 is 35.0 Å². The number of aromatic carboxylic acids is 1. The normalized spacial score (nSPS) is 10.0. The molecule has 9 nitrogen and oxygen atoms in total. The summed E-state index contributed by atoms with van der Waals surface area (Å²) in [6.45, 7) is 0. The standard InChI is InChI=1S/C13H7ClN4O5S/c1-24-13-16-10(14)9(18(21)22)11(17-13)23-7-3-2-6(5-15)8(4-7)12(19)20/h2-4H,1H3,(H,19,20). The molecule has 0 aliphatic heterocycles. The highest BCUT2D eigenvalue weighted by Crippen LogP contribution is 2.36. The van der Waals surface area contributed by atoms with Gasteiger partial charge in [-0.15, -0.1) is 0 Å². The van der Waals surface area contributed by atoms with Gasteiger partial charge in [0, 0.05) is 0 Å². The minimum Gasteiger partial charge on any atom is -0.478 e. The van der Waals surface area contributed by atoms with E-state index in [1.807, 2.05) is 0 Å². The van der Waals surface area contributed by atoms with Gasteiger partial charge in [-0.05, 0) is 24.5 Å². The van der Waals surface area contributed by atoms with E-state index >= 15 is 0 Å². The molecule has 122 valence electrons. The van der Waals surface area contributed by atoms with Gasteiger partial charge in [0.1, 0.15) is 11.8 Å². The van der Waals surface area contributed by atoms with Crippen LogP contribution in [0.3, 0.4) is 0 Å². The first-order chi connectivity index (χ1) is 11.4. The molecule has 0 spiro atoms. The first-order valence-corrected chi connectivity index (χ1v) is 7.68. The van der Waals surface area contributed by atoms with Crippen molar-refractivity contribution in [3.8, 4) is 17.7 Å². The van der Waals surface area contributed by atoms with Crippen LogP contribution in [0.4, 0.5) is 5.69 Å². The van der Waals surface area contributed by atoms with Gasteiger partial charge in [-0.3, -0.25) is 10.1 Å². The number of ether oxygens (including phenoxy) is 1. The quantitative estimate of drug-likeness (QED) is 0.278. The molecule has 1 heterocycles. The average Bonchev–Trinajstić information content (AvgIpc) is 2.53. The lowest BCUT2D eigenvalue weighted by Crippen LogP contribution is -2.03. The van der Waals surface area contributed by atoms with Crippen LogP contribution in [0.25, 0.3) is 0 Å². The second-order valence-electron chi connectivity index (χ2n) is 4.14.